The molecule has 0 rings (SSSR count). The summed E-state index contributed by atoms with van der Waals surface area (Å²) in [6.07, 6.45) is 0. The number of aliphatic carboxylic acids is 1. The molecule has 1 unspecified atom stereocenters. The Morgan fingerprint density at radius 1 is 1.43 bits per heavy atom. The Morgan fingerprint density at radius 2 is 1.93 bits per heavy atom. The van der Waals surface area contributed by atoms with Crippen LogP contribution in [0.4, 0.5) is 0 Å². The molecule has 0 aliphatic rings. The standard InChI is InChI=1S/C9H19NO4/c1-8(2,6-14-4)10-5-9(3,13)7(11)12/h10,13H,5-6H2,1-4H3,(H,11,12). The largest absolute Gasteiger partial charge is 0.479 e. The van der Waals surface area contributed by atoms with Crippen LogP contribution in [0.2, 0.25) is 0 Å². The molecule has 0 fully saturated rings. The molecule has 0 spiro atoms. The van der Waals surface area contributed by atoms with E-state index in [2.05, 4.69) is 5.32 Å². The summed E-state index contributed by atoms with van der Waals surface area (Å²) in [5, 5.41) is 21.0. The van der Waals surface area contributed by atoms with E-state index in [0.29, 0.717) is 6.61 Å². The second kappa shape index (κ2) is 4.72. The number of hydrogen-bond donors (Lipinski definition) is 3. The molecule has 0 radical (unpaired) electrons. The summed E-state index contributed by atoms with van der Waals surface area (Å²) in [6.45, 7) is 5.43. The van der Waals surface area contributed by atoms with Gasteiger partial charge in [-0.15, -0.1) is 0 Å². The molecule has 1 atom stereocenters. The van der Waals surface area contributed by atoms with Crippen molar-refractivity contribution < 1.29 is 19.7 Å². The highest BCUT2D eigenvalue weighted by Gasteiger charge is 2.31. The molecule has 5 nitrogen and oxygen atoms in total. The molecular formula is C9H19NO4. The Kier molecular flexibility index (Phi) is 4.51. The SMILES string of the molecule is COCC(C)(C)NCC(C)(O)C(=O)O. The minimum absolute atomic E-state index is 0.0152. The Balaban J connectivity index is 4.10. The van der Waals surface area contributed by atoms with Crippen LogP contribution in [0.3, 0.4) is 0 Å². The molecule has 0 bridgehead atoms. The van der Waals surface area contributed by atoms with Crippen LogP contribution in [-0.2, 0) is 9.53 Å². The molecule has 3 N–H and O–H groups in total. The van der Waals surface area contributed by atoms with Crippen LogP contribution in [-0.4, -0.2) is 47.6 Å². The van der Waals surface area contributed by atoms with E-state index in [-0.39, 0.29) is 12.1 Å². The van der Waals surface area contributed by atoms with Gasteiger partial charge >= 0.3 is 5.97 Å². The molecule has 5 heteroatoms. The van der Waals surface area contributed by atoms with Gasteiger partial charge in [-0.1, -0.05) is 0 Å². The number of ether oxygens (including phenoxy) is 1. The molecule has 0 aromatic heterocycles. The predicted molar refractivity (Wildman–Crippen MR) is 52.2 cm³/mol. The first-order valence-electron chi connectivity index (χ1n) is 4.41. The summed E-state index contributed by atoms with van der Waals surface area (Å²) in [4.78, 5) is 10.6. The number of carboxylic acid groups (broad SMARTS) is 1. The molecule has 0 saturated carbocycles. The normalized spacial score (nSPS) is 16.4. The van der Waals surface area contributed by atoms with Gasteiger partial charge in [0.15, 0.2) is 5.60 Å². The average molecular weight is 205 g/mol. The van der Waals surface area contributed by atoms with Gasteiger partial charge < -0.3 is 20.3 Å². The lowest BCUT2D eigenvalue weighted by atomic mass is 10.0. The third kappa shape index (κ3) is 4.55. The van der Waals surface area contributed by atoms with Gasteiger partial charge in [-0.3, -0.25) is 0 Å². The van der Waals surface area contributed by atoms with E-state index >= 15 is 0 Å². The van der Waals surface area contributed by atoms with Gasteiger partial charge in [0.05, 0.1) is 6.61 Å². The van der Waals surface area contributed by atoms with Crippen molar-refractivity contribution in [2.45, 2.75) is 31.9 Å². The lowest BCUT2D eigenvalue weighted by molar-refractivity contribution is -0.156. The zero-order valence-corrected chi connectivity index (χ0v) is 9.13. The third-order valence-corrected chi connectivity index (χ3v) is 1.88. The van der Waals surface area contributed by atoms with E-state index in [1.54, 1.807) is 7.11 Å². The summed E-state index contributed by atoms with van der Waals surface area (Å²) in [5.74, 6) is -1.24. The second-order valence-electron chi connectivity index (χ2n) is 4.25. The fourth-order valence-corrected chi connectivity index (χ4v) is 0.899. The van der Waals surface area contributed by atoms with Gasteiger partial charge in [0, 0.05) is 19.2 Å². The Morgan fingerprint density at radius 3 is 2.29 bits per heavy atom. The first-order valence-corrected chi connectivity index (χ1v) is 4.41. The summed E-state index contributed by atoms with van der Waals surface area (Å²) in [6, 6.07) is 0. The second-order valence-corrected chi connectivity index (χ2v) is 4.25. The number of methoxy groups -OCH3 is 1. The average Bonchev–Trinajstić information content (AvgIpc) is 2.01. The fourth-order valence-electron chi connectivity index (χ4n) is 0.899. The van der Waals surface area contributed by atoms with Crippen molar-refractivity contribution in [1.82, 2.24) is 5.32 Å². The van der Waals surface area contributed by atoms with Crippen molar-refractivity contribution in [3.05, 3.63) is 0 Å². The lowest BCUT2D eigenvalue weighted by Gasteiger charge is -2.29. The minimum Gasteiger partial charge on any atom is -0.479 e. The molecule has 0 saturated heterocycles. The molecule has 0 amide bonds. The van der Waals surface area contributed by atoms with Gasteiger partial charge in [0.2, 0.25) is 0 Å². The zero-order chi connectivity index (χ0) is 11.4. The van der Waals surface area contributed by atoms with E-state index in [1.165, 1.54) is 6.92 Å². The Bertz CT molecular complexity index is 201. The van der Waals surface area contributed by atoms with E-state index in [1.807, 2.05) is 13.8 Å². The Labute approximate surface area is 84.1 Å². The van der Waals surface area contributed by atoms with E-state index in [0.717, 1.165) is 0 Å². The number of hydrogen-bond acceptors (Lipinski definition) is 4. The van der Waals surface area contributed by atoms with Crippen molar-refractivity contribution in [2.75, 3.05) is 20.3 Å². The number of aliphatic hydroxyl groups is 1. The first kappa shape index (κ1) is 13.4. The molecular weight excluding hydrogens is 186 g/mol. The van der Waals surface area contributed by atoms with Crippen LogP contribution < -0.4 is 5.32 Å². The number of rotatable bonds is 6. The smallest absolute Gasteiger partial charge is 0.336 e. The molecule has 0 aliphatic heterocycles. The highest BCUT2D eigenvalue weighted by Crippen LogP contribution is 2.07. The van der Waals surface area contributed by atoms with Gasteiger partial charge in [-0.25, -0.2) is 4.79 Å². The number of carboxylic acids is 1. The maximum atomic E-state index is 10.6. The lowest BCUT2D eigenvalue weighted by Crippen LogP contribution is -2.53. The molecule has 0 aromatic carbocycles. The molecule has 14 heavy (non-hydrogen) atoms. The van der Waals surface area contributed by atoms with Crippen LogP contribution in [0.25, 0.3) is 0 Å². The van der Waals surface area contributed by atoms with Crippen LogP contribution in [0.1, 0.15) is 20.8 Å². The van der Waals surface area contributed by atoms with E-state index in [4.69, 9.17) is 9.84 Å². The highest BCUT2D eigenvalue weighted by atomic mass is 16.5. The van der Waals surface area contributed by atoms with Gasteiger partial charge in [0.25, 0.3) is 0 Å². The molecule has 0 heterocycles. The van der Waals surface area contributed by atoms with Crippen molar-refractivity contribution in [1.29, 1.82) is 0 Å². The number of nitrogens with one attached hydrogen (secondary N) is 1. The molecule has 84 valence electrons. The monoisotopic (exact) mass is 205 g/mol. The number of carbonyl (C=O) groups is 1. The van der Waals surface area contributed by atoms with Gasteiger partial charge in [0.1, 0.15) is 0 Å². The third-order valence-electron chi connectivity index (χ3n) is 1.88. The van der Waals surface area contributed by atoms with Crippen molar-refractivity contribution in [2.24, 2.45) is 0 Å². The van der Waals surface area contributed by atoms with Crippen LogP contribution >= 0.6 is 0 Å². The predicted octanol–water partition coefficient (Wildman–Crippen LogP) is -0.163. The highest BCUT2D eigenvalue weighted by molar-refractivity contribution is 5.76. The molecule has 0 aromatic rings. The van der Waals surface area contributed by atoms with E-state index < -0.39 is 11.6 Å². The maximum Gasteiger partial charge on any atom is 0.336 e. The fraction of sp³-hybridized carbons (Fsp3) is 0.889. The van der Waals surface area contributed by atoms with Crippen LogP contribution in [0.5, 0.6) is 0 Å². The van der Waals surface area contributed by atoms with Crippen molar-refractivity contribution in [3.8, 4) is 0 Å². The summed E-state index contributed by atoms with van der Waals surface area (Å²) < 4.78 is 4.94. The van der Waals surface area contributed by atoms with Gasteiger partial charge in [-0.05, 0) is 20.8 Å². The first-order chi connectivity index (χ1) is 6.21. The summed E-state index contributed by atoms with van der Waals surface area (Å²) in [7, 11) is 1.57. The van der Waals surface area contributed by atoms with Crippen molar-refractivity contribution >= 4 is 5.97 Å². The van der Waals surface area contributed by atoms with Gasteiger partial charge in [-0.2, -0.15) is 0 Å². The summed E-state index contributed by atoms with van der Waals surface area (Å²) in [5.41, 5.74) is -2.10. The maximum absolute atomic E-state index is 10.6. The zero-order valence-electron chi connectivity index (χ0n) is 9.13. The van der Waals surface area contributed by atoms with E-state index in [9.17, 15) is 9.90 Å². The Hall–Kier alpha value is -0.650. The van der Waals surface area contributed by atoms with Crippen molar-refractivity contribution in [3.63, 3.8) is 0 Å². The van der Waals surface area contributed by atoms with Crippen LogP contribution in [0, 0.1) is 0 Å². The minimum atomic E-state index is -1.75. The number of β-amino-alcohol motifs (C(OH)–C–C–N with tert-alkyl or cyclic N) is 1. The van der Waals surface area contributed by atoms with Crippen LogP contribution in [0.15, 0.2) is 0 Å². The quantitative estimate of drug-likeness (QED) is 0.561. The summed E-state index contributed by atoms with van der Waals surface area (Å²) >= 11 is 0. The topological polar surface area (TPSA) is 78.8 Å². The molecule has 0 aliphatic carbocycles.